The summed E-state index contributed by atoms with van der Waals surface area (Å²) >= 11 is 1.57. The molecule has 21 heavy (non-hydrogen) atoms. The van der Waals surface area contributed by atoms with E-state index in [-0.39, 0.29) is 4.90 Å². The first-order valence-corrected chi connectivity index (χ1v) is 9.20. The third-order valence-corrected chi connectivity index (χ3v) is 5.37. The summed E-state index contributed by atoms with van der Waals surface area (Å²) in [7, 11) is -3.51. The number of thiophene rings is 1. The van der Waals surface area contributed by atoms with Crippen LogP contribution in [-0.4, -0.2) is 31.3 Å². The molecular formula is C13H20N4O2S2. The van der Waals surface area contributed by atoms with Gasteiger partial charge >= 0.3 is 0 Å². The van der Waals surface area contributed by atoms with Crippen molar-refractivity contribution in [2.75, 3.05) is 13.1 Å². The maximum absolute atomic E-state index is 12.2. The molecule has 2 aromatic rings. The minimum atomic E-state index is -3.51. The van der Waals surface area contributed by atoms with Crippen LogP contribution in [0.4, 0.5) is 0 Å². The van der Waals surface area contributed by atoms with Gasteiger partial charge in [-0.15, -0.1) is 0 Å². The smallest absolute Gasteiger partial charge is 0.243 e. The molecule has 0 atom stereocenters. The Morgan fingerprint density at radius 1 is 1.38 bits per heavy atom. The summed E-state index contributed by atoms with van der Waals surface area (Å²) in [6.07, 6.45) is 2.94. The van der Waals surface area contributed by atoms with Crippen molar-refractivity contribution in [1.82, 2.24) is 19.8 Å². The monoisotopic (exact) mass is 328 g/mol. The molecular weight excluding hydrogens is 308 g/mol. The number of nitrogens with one attached hydrogen (secondary N) is 2. The summed E-state index contributed by atoms with van der Waals surface area (Å²) < 4.78 is 28.7. The summed E-state index contributed by atoms with van der Waals surface area (Å²) in [5.74, 6) is 0. The van der Waals surface area contributed by atoms with Gasteiger partial charge < -0.3 is 5.32 Å². The Labute approximate surface area is 129 Å². The van der Waals surface area contributed by atoms with Gasteiger partial charge in [0.05, 0.1) is 12.7 Å². The highest BCUT2D eigenvalue weighted by molar-refractivity contribution is 7.89. The van der Waals surface area contributed by atoms with E-state index in [9.17, 15) is 8.42 Å². The first kappa shape index (κ1) is 16.2. The number of aryl methyl sites for hydroxylation is 1. The Bertz CT molecular complexity index is 676. The average Bonchev–Trinajstić information content (AvgIpc) is 3.06. The molecule has 0 aliphatic rings. The highest BCUT2D eigenvalue weighted by Gasteiger charge is 2.16. The fraction of sp³-hybridized carbons (Fsp3) is 0.462. The van der Waals surface area contributed by atoms with E-state index in [1.54, 1.807) is 22.2 Å². The van der Waals surface area contributed by atoms with Crippen molar-refractivity contribution in [1.29, 1.82) is 0 Å². The maximum atomic E-state index is 12.2. The van der Waals surface area contributed by atoms with Crippen molar-refractivity contribution >= 4 is 21.4 Å². The summed E-state index contributed by atoms with van der Waals surface area (Å²) in [5, 5.41) is 11.2. The molecule has 6 nitrogen and oxygen atoms in total. The van der Waals surface area contributed by atoms with Gasteiger partial charge in [0.2, 0.25) is 10.0 Å². The van der Waals surface area contributed by atoms with Gasteiger partial charge in [0.15, 0.2) is 0 Å². The van der Waals surface area contributed by atoms with Crippen molar-refractivity contribution in [2.24, 2.45) is 0 Å². The Morgan fingerprint density at radius 3 is 2.86 bits per heavy atom. The van der Waals surface area contributed by atoms with Gasteiger partial charge in [0.25, 0.3) is 0 Å². The zero-order valence-corrected chi connectivity index (χ0v) is 13.8. The van der Waals surface area contributed by atoms with E-state index in [1.165, 1.54) is 6.20 Å². The van der Waals surface area contributed by atoms with Crippen LogP contribution in [0.1, 0.15) is 18.1 Å². The largest absolute Gasteiger partial charge is 0.315 e. The SMILES string of the molecule is CCNCCn1cc(S(=O)(=O)NCc2cscc2C)cn1. The first-order valence-electron chi connectivity index (χ1n) is 6.77. The number of nitrogens with zero attached hydrogens (tertiary/aromatic N) is 2. The lowest BCUT2D eigenvalue weighted by Crippen LogP contribution is -2.23. The van der Waals surface area contributed by atoms with Crippen LogP contribution in [0.25, 0.3) is 0 Å². The van der Waals surface area contributed by atoms with Crippen molar-refractivity contribution in [3.05, 3.63) is 34.3 Å². The number of hydrogen-bond acceptors (Lipinski definition) is 5. The number of sulfonamides is 1. The van der Waals surface area contributed by atoms with Gasteiger partial charge in [0, 0.05) is 19.3 Å². The predicted molar refractivity (Wildman–Crippen MR) is 83.9 cm³/mol. The Hall–Kier alpha value is -1.22. The summed E-state index contributed by atoms with van der Waals surface area (Å²) in [6, 6.07) is 0. The fourth-order valence-corrected chi connectivity index (χ4v) is 3.62. The van der Waals surface area contributed by atoms with E-state index < -0.39 is 10.0 Å². The van der Waals surface area contributed by atoms with Crippen LogP contribution in [0.2, 0.25) is 0 Å². The molecule has 8 heteroatoms. The van der Waals surface area contributed by atoms with Crippen molar-refractivity contribution < 1.29 is 8.42 Å². The average molecular weight is 328 g/mol. The van der Waals surface area contributed by atoms with Gasteiger partial charge in [-0.3, -0.25) is 4.68 Å². The molecule has 0 saturated carbocycles. The molecule has 2 rings (SSSR count). The molecule has 2 aromatic heterocycles. The van der Waals surface area contributed by atoms with Gasteiger partial charge in [-0.25, -0.2) is 13.1 Å². The Kier molecular flexibility index (Phi) is 5.51. The van der Waals surface area contributed by atoms with Crippen LogP contribution < -0.4 is 10.0 Å². The Balaban J connectivity index is 1.97. The second-order valence-electron chi connectivity index (χ2n) is 4.70. The van der Waals surface area contributed by atoms with Gasteiger partial charge in [-0.05, 0) is 35.4 Å². The fourth-order valence-electron chi connectivity index (χ4n) is 1.80. The molecule has 0 aliphatic carbocycles. The standard InChI is InChI=1S/C13H20N4O2S2/c1-3-14-4-5-17-8-13(7-15-17)21(18,19)16-6-12-10-20-9-11(12)2/h7-10,14,16H,3-6H2,1-2H3. The van der Waals surface area contributed by atoms with Crippen LogP contribution in [0.3, 0.4) is 0 Å². The minimum absolute atomic E-state index is 0.201. The van der Waals surface area contributed by atoms with E-state index in [0.717, 1.165) is 24.2 Å². The molecule has 116 valence electrons. The zero-order chi connectivity index (χ0) is 15.3. The molecule has 0 aliphatic heterocycles. The molecule has 0 bridgehead atoms. The number of aromatic nitrogens is 2. The molecule has 2 N–H and O–H groups in total. The number of hydrogen-bond donors (Lipinski definition) is 2. The second-order valence-corrected chi connectivity index (χ2v) is 7.21. The van der Waals surface area contributed by atoms with Crippen molar-refractivity contribution in [2.45, 2.75) is 31.8 Å². The van der Waals surface area contributed by atoms with Crippen LogP contribution in [0.15, 0.2) is 28.0 Å². The third kappa shape index (κ3) is 4.37. The van der Waals surface area contributed by atoms with Crippen LogP contribution in [0, 0.1) is 6.92 Å². The summed E-state index contributed by atoms with van der Waals surface area (Å²) in [4.78, 5) is 0.201. The zero-order valence-electron chi connectivity index (χ0n) is 12.2. The van der Waals surface area contributed by atoms with E-state index in [1.807, 2.05) is 24.6 Å². The maximum Gasteiger partial charge on any atom is 0.243 e. The van der Waals surface area contributed by atoms with E-state index in [0.29, 0.717) is 13.1 Å². The van der Waals surface area contributed by atoms with E-state index >= 15 is 0 Å². The van der Waals surface area contributed by atoms with Gasteiger partial charge in [0.1, 0.15) is 4.90 Å². The molecule has 0 spiro atoms. The quantitative estimate of drug-likeness (QED) is 0.717. The topological polar surface area (TPSA) is 76.0 Å². The molecule has 0 saturated heterocycles. The first-order chi connectivity index (χ1) is 10.0. The Morgan fingerprint density at radius 2 is 2.19 bits per heavy atom. The lowest BCUT2D eigenvalue weighted by Gasteiger charge is -2.04. The van der Waals surface area contributed by atoms with Crippen LogP contribution >= 0.6 is 11.3 Å². The van der Waals surface area contributed by atoms with Gasteiger partial charge in [-0.1, -0.05) is 6.92 Å². The molecule has 0 amide bonds. The minimum Gasteiger partial charge on any atom is -0.315 e. The molecule has 0 unspecified atom stereocenters. The lowest BCUT2D eigenvalue weighted by atomic mass is 10.2. The van der Waals surface area contributed by atoms with Crippen LogP contribution in [0.5, 0.6) is 0 Å². The predicted octanol–water partition coefficient (Wildman–Crippen LogP) is 1.34. The lowest BCUT2D eigenvalue weighted by molar-refractivity contribution is 0.562. The molecule has 0 radical (unpaired) electrons. The molecule has 2 heterocycles. The third-order valence-electron chi connectivity index (χ3n) is 3.10. The highest BCUT2D eigenvalue weighted by atomic mass is 32.2. The van der Waals surface area contributed by atoms with Gasteiger partial charge in [-0.2, -0.15) is 16.4 Å². The summed E-state index contributed by atoms with van der Waals surface area (Å²) in [5.41, 5.74) is 2.10. The van der Waals surface area contributed by atoms with E-state index in [4.69, 9.17) is 0 Å². The molecule has 0 fully saturated rings. The normalized spacial score (nSPS) is 11.9. The second kappa shape index (κ2) is 7.17. The van der Waals surface area contributed by atoms with Crippen molar-refractivity contribution in [3.63, 3.8) is 0 Å². The number of likely N-dealkylation sites (N-methyl/N-ethyl adjacent to an activating group) is 1. The van der Waals surface area contributed by atoms with Crippen LogP contribution in [-0.2, 0) is 23.1 Å². The number of rotatable bonds is 8. The molecule has 0 aromatic carbocycles. The highest BCUT2D eigenvalue weighted by Crippen LogP contribution is 2.14. The summed E-state index contributed by atoms with van der Waals surface area (Å²) in [6.45, 7) is 6.59. The van der Waals surface area contributed by atoms with Crippen molar-refractivity contribution in [3.8, 4) is 0 Å². The van der Waals surface area contributed by atoms with E-state index in [2.05, 4.69) is 15.1 Å².